The molecule has 20 heavy (non-hydrogen) atoms. The summed E-state index contributed by atoms with van der Waals surface area (Å²) in [4.78, 5) is 0. The van der Waals surface area contributed by atoms with Crippen LogP contribution in [0.1, 0.15) is 78.1 Å². The van der Waals surface area contributed by atoms with Crippen LogP contribution < -0.4 is 11.1 Å². The summed E-state index contributed by atoms with van der Waals surface area (Å²) in [5.41, 5.74) is 6.23. The summed E-state index contributed by atoms with van der Waals surface area (Å²) in [6.07, 6.45) is 13.9. The Morgan fingerprint density at radius 3 is 1.95 bits per heavy atom. The molecular formula is C18H36N2. The van der Waals surface area contributed by atoms with Gasteiger partial charge >= 0.3 is 0 Å². The summed E-state index contributed by atoms with van der Waals surface area (Å²) in [6, 6.07) is 1.28. The van der Waals surface area contributed by atoms with Crippen molar-refractivity contribution in [3.05, 3.63) is 0 Å². The zero-order valence-electron chi connectivity index (χ0n) is 13.7. The third-order valence-electron chi connectivity index (χ3n) is 6.01. The molecule has 1 atom stereocenters. The van der Waals surface area contributed by atoms with Gasteiger partial charge in [0.25, 0.3) is 0 Å². The Bertz CT molecular complexity index is 250. The molecule has 2 nitrogen and oxygen atoms in total. The van der Waals surface area contributed by atoms with E-state index in [0.717, 1.165) is 30.2 Å². The molecule has 2 rings (SSSR count). The molecule has 0 aromatic heterocycles. The highest BCUT2D eigenvalue weighted by atomic mass is 14.9. The van der Waals surface area contributed by atoms with Gasteiger partial charge in [-0.1, -0.05) is 13.8 Å². The first kappa shape index (κ1) is 16.3. The minimum absolute atomic E-state index is 0.463. The molecule has 0 aromatic carbocycles. The number of nitrogens with one attached hydrogen (secondary N) is 1. The van der Waals surface area contributed by atoms with Gasteiger partial charge in [-0.25, -0.2) is 0 Å². The zero-order chi connectivity index (χ0) is 14.4. The summed E-state index contributed by atoms with van der Waals surface area (Å²) < 4.78 is 0. The highest BCUT2D eigenvalue weighted by molar-refractivity contribution is 4.86. The van der Waals surface area contributed by atoms with Crippen molar-refractivity contribution >= 4 is 0 Å². The first-order chi connectivity index (χ1) is 9.74. The largest absolute Gasteiger partial charge is 0.327 e. The van der Waals surface area contributed by atoms with Crippen molar-refractivity contribution in [1.82, 2.24) is 5.32 Å². The van der Waals surface area contributed by atoms with Crippen molar-refractivity contribution in [3.63, 3.8) is 0 Å². The van der Waals surface area contributed by atoms with E-state index in [1.807, 2.05) is 0 Å². The second-order valence-corrected chi connectivity index (χ2v) is 7.31. The van der Waals surface area contributed by atoms with Gasteiger partial charge in [0.2, 0.25) is 0 Å². The number of hydrogen-bond acceptors (Lipinski definition) is 2. The van der Waals surface area contributed by atoms with E-state index in [9.17, 15) is 0 Å². The van der Waals surface area contributed by atoms with Crippen LogP contribution >= 0.6 is 0 Å². The van der Waals surface area contributed by atoms with E-state index in [1.54, 1.807) is 0 Å². The van der Waals surface area contributed by atoms with E-state index >= 15 is 0 Å². The molecule has 0 saturated heterocycles. The first-order valence-corrected chi connectivity index (χ1v) is 9.23. The molecule has 2 fully saturated rings. The zero-order valence-corrected chi connectivity index (χ0v) is 13.7. The average molecular weight is 280 g/mol. The number of rotatable bonds is 6. The van der Waals surface area contributed by atoms with Crippen LogP contribution in [0.25, 0.3) is 0 Å². The summed E-state index contributed by atoms with van der Waals surface area (Å²) in [5, 5.41) is 3.71. The maximum absolute atomic E-state index is 6.23. The summed E-state index contributed by atoms with van der Waals surface area (Å²) in [7, 11) is 0. The van der Waals surface area contributed by atoms with Crippen LogP contribution in [0.3, 0.4) is 0 Å². The predicted molar refractivity (Wildman–Crippen MR) is 87.8 cm³/mol. The van der Waals surface area contributed by atoms with Gasteiger partial charge in [-0.3, -0.25) is 0 Å². The van der Waals surface area contributed by atoms with Gasteiger partial charge in [0.15, 0.2) is 0 Å². The fourth-order valence-corrected chi connectivity index (χ4v) is 4.52. The SMILES string of the molecule is CCCNC1CCC(C2CCC(C(N)CC)CC2)CC1. The number of nitrogens with two attached hydrogens (primary N) is 1. The molecule has 3 N–H and O–H groups in total. The molecule has 2 aliphatic carbocycles. The standard InChI is InChI=1S/C18H36N2/c1-3-13-20-17-11-9-15(10-12-17)14-5-7-16(8-6-14)18(19)4-2/h14-18,20H,3-13,19H2,1-2H3. The lowest BCUT2D eigenvalue weighted by atomic mass is 9.69. The van der Waals surface area contributed by atoms with Crippen molar-refractivity contribution < 1.29 is 0 Å². The maximum atomic E-state index is 6.23. The van der Waals surface area contributed by atoms with Crippen molar-refractivity contribution in [1.29, 1.82) is 0 Å². The minimum Gasteiger partial charge on any atom is -0.327 e. The maximum Gasteiger partial charge on any atom is 0.00672 e. The average Bonchev–Trinajstić information content (AvgIpc) is 2.53. The molecule has 0 spiro atoms. The van der Waals surface area contributed by atoms with E-state index < -0.39 is 0 Å². The molecule has 2 saturated carbocycles. The normalized spacial score (nSPS) is 36.8. The van der Waals surface area contributed by atoms with Gasteiger partial charge in [-0.2, -0.15) is 0 Å². The summed E-state index contributed by atoms with van der Waals surface area (Å²) in [6.45, 7) is 5.70. The van der Waals surface area contributed by atoms with Gasteiger partial charge in [0, 0.05) is 12.1 Å². The Labute approximate surface area is 126 Å². The topological polar surface area (TPSA) is 38.0 Å². The number of hydrogen-bond donors (Lipinski definition) is 2. The molecule has 0 radical (unpaired) electrons. The molecule has 2 aliphatic rings. The van der Waals surface area contributed by atoms with Crippen LogP contribution in [0.15, 0.2) is 0 Å². The van der Waals surface area contributed by atoms with E-state index in [1.165, 1.54) is 64.3 Å². The Hall–Kier alpha value is -0.0800. The Morgan fingerprint density at radius 1 is 0.900 bits per heavy atom. The highest BCUT2D eigenvalue weighted by Gasteiger charge is 2.31. The minimum atomic E-state index is 0.463. The molecule has 0 aliphatic heterocycles. The van der Waals surface area contributed by atoms with Crippen LogP contribution in [0, 0.1) is 17.8 Å². The fraction of sp³-hybridized carbons (Fsp3) is 1.00. The second-order valence-electron chi connectivity index (χ2n) is 7.31. The van der Waals surface area contributed by atoms with Gasteiger partial charge in [0.05, 0.1) is 0 Å². The molecule has 0 bridgehead atoms. The van der Waals surface area contributed by atoms with Gasteiger partial charge in [-0.15, -0.1) is 0 Å². The van der Waals surface area contributed by atoms with E-state index in [0.29, 0.717) is 6.04 Å². The van der Waals surface area contributed by atoms with E-state index in [4.69, 9.17) is 5.73 Å². The van der Waals surface area contributed by atoms with Gasteiger partial charge in [0.1, 0.15) is 0 Å². The van der Waals surface area contributed by atoms with Gasteiger partial charge in [-0.05, 0) is 88.5 Å². The third-order valence-corrected chi connectivity index (χ3v) is 6.01. The molecule has 0 amide bonds. The predicted octanol–water partition coefficient (Wildman–Crippen LogP) is 4.09. The lowest BCUT2D eigenvalue weighted by molar-refractivity contribution is 0.144. The van der Waals surface area contributed by atoms with E-state index in [-0.39, 0.29) is 0 Å². The van der Waals surface area contributed by atoms with Crippen molar-refractivity contribution in [3.8, 4) is 0 Å². The lowest BCUT2D eigenvalue weighted by Crippen LogP contribution is -2.37. The Kier molecular flexibility index (Phi) is 6.83. The smallest absolute Gasteiger partial charge is 0.00672 e. The molecule has 1 unspecified atom stereocenters. The first-order valence-electron chi connectivity index (χ1n) is 9.23. The van der Waals surface area contributed by atoms with Crippen LogP contribution in [0.5, 0.6) is 0 Å². The Balaban J connectivity index is 1.68. The van der Waals surface area contributed by atoms with Crippen LogP contribution in [0.2, 0.25) is 0 Å². The van der Waals surface area contributed by atoms with E-state index in [2.05, 4.69) is 19.2 Å². The summed E-state index contributed by atoms with van der Waals surface area (Å²) in [5.74, 6) is 2.86. The molecule has 0 heterocycles. The fourth-order valence-electron chi connectivity index (χ4n) is 4.52. The van der Waals surface area contributed by atoms with Crippen molar-refractivity contribution in [2.75, 3.05) is 6.54 Å². The van der Waals surface area contributed by atoms with Gasteiger partial charge < -0.3 is 11.1 Å². The Morgan fingerprint density at radius 2 is 1.45 bits per heavy atom. The van der Waals surface area contributed by atoms with Crippen LogP contribution in [0.4, 0.5) is 0 Å². The molecule has 0 aromatic rings. The highest BCUT2D eigenvalue weighted by Crippen LogP contribution is 2.40. The van der Waals surface area contributed by atoms with Crippen LogP contribution in [-0.2, 0) is 0 Å². The summed E-state index contributed by atoms with van der Waals surface area (Å²) >= 11 is 0. The lowest BCUT2D eigenvalue weighted by Gasteiger charge is -2.39. The molecule has 118 valence electrons. The third kappa shape index (κ3) is 4.46. The monoisotopic (exact) mass is 280 g/mol. The van der Waals surface area contributed by atoms with Crippen molar-refractivity contribution in [2.24, 2.45) is 23.5 Å². The van der Waals surface area contributed by atoms with Crippen LogP contribution in [-0.4, -0.2) is 18.6 Å². The van der Waals surface area contributed by atoms with Crippen molar-refractivity contribution in [2.45, 2.75) is 90.1 Å². The molecular weight excluding hydrogens is 244 g/mol. The second kappa shape index (κ2) is 8.38. The quantitative estimate of drug-likeness (QED) is 0.769. The molecule has 2 heteroatoms.